The summed E-state index contributed by atoms with van der Waals surface area (Å²) in [6.45, 7) is 0. The molecule has 1 radical (unpaired) electrons. The number of benzene rings is 4. The van der Waals surface area contributed by atoms with E-state index in [1.807, 2.05) is 0 Å². The van der Waals surface area contributed by atoms with Crippen molar-refractivity contribution in [3.63, 3.8) is 0 Å². The van der Waals surface area contributed by atoms with E-state index in [-0.39, 0.29) is 29.6 Å². The minimum atomic E-state index is 0. The van der Waals surface area contributed by atoms with Crippen molar-refractivity contribution in [3.05, 3.63) is 84.9 Å². The summed E-state index contributed by atoms with van der Waals surface area (Å²) in [7, 11) is 0. The molecule has 1 N–H and O–H groups in total. The molecule has 0 aliphatic carbocycles. The molecule has 0 heterocycles. The Hall–Kier alpha value is -1.80. The topological polar surface area (TPSA) is 12.0 Å². The molecule has 2 heteroatoms. The van der Waals surface area contributed by atoms with Crippen molar-refractivity contribution < 1.29 is 0 Å². The molecule has 1 nitrogen and oxygen atoms in total. The van der Waals surface area contributed by atoms with Gasteiger partial charge in [0.25, 0.3) is 0 Å². The minimum Gasteiger partial charge on any atom is -0.355 e. The third kappa shape index (κ3) is 3.02. The molecule has 101 valence electrons. The van der Waals surface area contributed by atoms with E-state index < -0.39 is 0 Å². The number of hydrogen-bond donors (Lipinski definition) is 1. The molecule has 0 amide bonds. The van der Waals surface area contributed by atoms with Gasteiger partial charge in [-0.25, -0.2) is 0 Å². The zero-order chi connectivity index (χ0) is 14.1. The standard InChI is InChI=1S/C20H15N.Na/c1-3-7-17-13-19(11-9-15(17)5-1)21-20-12-10-16-6-2-4-8-18(16)14-20;/h1-14,21H;. The molecule has 0 saturated carbocycles. The van der Waals surface area contributed by atoms with Crippen LogP contribution in [0.25, 0.3) is 21.5 Å². The maximum absolute atomic E-state index is 3.49. The molecule has 0 fully saturated rings. The molecule has 0 bridgehead atoms. The van der Waals surface area contributed by atoms with Crippen LogP contribution in [0.2, 0.25) is 0 Å². The second kappa shape index (κ2) is 6.53. The fraction of sp³-hybridized carbons (Fsp3) is 0. The quantitative estimate of drug-likeness (QED) is 0.491. The zero-order valence-electron chi connectivity index (χ0n) is 12.6. The third-order valence-corrected chi connectivity index (χ3v) is 3.79. The van der Waals surface area contributed by atoms with Crippen LogP contribution in [-0.2, 0) is 0 Å². The molecule has 4 aromatic rings. The Morgan fingerprint density at radius 2 is 0.864 bits per heavy atom. The van der Waals surface area contributed by atoms with E-state index >= 15 is 0 Å². The van der Waals surface area contributed by atoms with Gasteiger partial charge in [-0.15, -0.1) is 0 Å². The smallest absolute Gasteiger partial charge is 0.0390 e. The van der Waals surface area contributed by atoms with Crippen molar-refractivity contribution in [1.29, 1.82) is 0 Å². The SMILES string of the molecule is [Na].c1ccc2cc(Nc3ccc4ccccc4c3)ccc2c1. The summed E-state index contributed by atoms with van der Waals surface area (Å²) < 4.78 is 0. The molecule has 0 unspecified atom stereocenters. The number of anilines is 2. The Kier molecular flexibility index (Phi) is 4.49. The number of fused-ring (bicyclic) bond motifs is 2. The molecule has 4 aromatic carbocycles. The van der Waals surface area contributed by atoms with Crippen molar-refractivity contribution in [2.24, 2.45) is 0 Å². The van der Waals surface area contributed by atoms with Crippen molar-refractivity contribution in [2.75, 3.05) is 5.32 Å². The molecule has 4 rings (SSSR count). The van der Waals surface area contributed by atoms with Crippen molar-refractivity contribution >= 4 is 62.5 Å². The van der Waals surface area contributed by atoms with Gasteiger partial charge in [0.05, 0.1) is 0 Å². The van der Waals surface area contributed by atoms with Gasteiger partial charge in [-0.2, -0.15) is 0 Å². The normalized spacial score (nSPS) is 10.4. The maximum Gasteiger partial charge on any atom is 0.0390 e. The van der Waals surface area contributed by atoms with Crippen LogP contribution in [0.5, 0.6) is 0 Å². The predicted octanol–water partition coefficient (Wildman–Crippen LogP) is 5.36. The molecule has 0 aliphatic heterocycles. The van der Waals surface area contributed by atoms with E-state index in [0.29, 0.717) is 0 Å². The number of rotatable bonds is 2. The van der Waals surface area contributed by atoms with Gasteiger partial charge in [0.1, 0.15) is 0 Å². The first-order valence-electron chi connectivity index (χ1n) is 7.13. The molecule has 0 aromatic heterocycles. The third-order valence-electron chi connectivity index (χ3n) is 3.79. The minimum absolute atomic E-state index is 0. The second-order valence-electron chi connectivity index (χ2n) is 5.25. The average Bonchev–Trinajstić information content (AvgIpc) is 2.55. The fourth-order valence-corrected chi connectivity index (χ4v) is 2.70. The molecular formula is C20H15NNa. The number of nitrogens with one attached hydrogen (secondary N) is 1. The summed E-state index contributed by atoms with van der Waals surface area (Å²) in [5.74, 6) is 0. The molecule has 22 heavy (non-hydrogen) atoms. The van der Waals surface area contributed by atoms with E-state index in [4.69, 9.17) is 0 Å². The predicted molar refractivity (Wildman–Crippen MR) is 96.9 cm³/mol. The van der Waals surface area contributed by atoms with Crippen molar-refractivity contribution in [2.45, 2.75) is 0 Å². The van der Waals surface area contributed by atoms with Crippen LogP contribution in [0.15, 0.2) is 84.9 Å². The van der Waals surface area contributed by atoms with E-state index in [0.717, 1.165) is 11.4 Å². The summed E-state index contributed by atoms with van der Waals surface area (Å²) in [6, 6.07) is 29.7. The summed E-state index contributed by atoms with van der Waals surface area (Å²) in [5, 5.41) is 8.52. The first-order valence-corrected chi connectivity index (χ1v) is 7.13. The van der Waals surface area contributed by atoms with Crippen molar-refractivity contribution in [3.8, 4) is 0 Å². The Bertz CT molecular complexity index is 853. The van der Waals surface area contributed by atoms with Gasteiger partial charge in [-0.05, 0) is 45.8 Å². The van der Waals surface area contributed by atoms with Crippen LogP contribution in [-0.4, -0.2) is 29.6 Å². The first kappa shape index (κ1) is 15.1. The van der Waals surface area contributed by atoms with E-state index in [1.54, 1.807) is 0 Å². The molecule has 0 aliphatic rings. The summed E-state index contributed by atoms with van der Waals surface area (Å²) in [5.41, 5.74) is 2.23. The van der Waals surface area contributed by atoms with Gasteiger partial charge < -0.3 is 5.32 Å². The Balaban J connectivity index is 0.00000144. The Morgan fingerprint density at radius 1 is 0.455 bits per heavy atom. The van der Waals surface area contributed by atoms with E-state index in [1.165, 1.54) is 21.5 Å². The van der Waals surface area contributed by atoms with Gasteiger partial charge in [0.2, 0.25) is 0 Å². The molecule has 0 saturated heterocycles. The van der Waals surface area contributed by atoms with Gasteiger partial charge in [-0.3, -0.25) is 0 Å². The van der Waals surface area contributed by atoms with Crippen molar-refractivity contribution in [1.82, 2.24) is 0 Å². The van der Waals surface area contributed by atoms with E-state index in [9.17, 15) is 0 Å². The molecule has 0 spiro atoms. The summed E-state index contributed by atoms with van der Waals surface area (Å²) >= 11 is 0. The van der Waals surface area contributed by atoms with Crippen LogP contribution in [0.3, 0.4) is 0 Å². The number of hydrogen-bond acceptors (Lipinski definition) is 1. The maximum atomic E-state index is 3.49. The van der Waals surface area contributed by atoms with Crippen LogP contribution in [0, 0.1) is 0 Å². The van der Waals surface area contributed by atoms with E-state index in [2.05, 4.69) is 90.2 Å². The fourth-order valence-electron chi connectivity index (χ4n) is 2.70. The van der Waals surface area contributed by atoms with Gasteiger partial charge in [0, 0.05) is 40.9 Å². The van der Waals surface area contributed by atoms with Crippen LogP contribution >= 0.6 is 0 Å². The monoisotopic (exact) mass is 292 g/mol. The average molecular weight is 292 g/mol. The van der Waals surface area contributed by atoms with Crippen LogP contribution in [0.1, 0.15) is 0 Å². The zero-order valence-corrected chi connectivity index (χ0v) is 14.6. The van der Waals surface area contributed by atoms with Gasteiger partial charge >= 0.3 is 0 Å². The second-order valence-corrected chi connectivity index (χ2v) is 5.25. The molecule has 0 atom stereocenters. The first-order chi connectivity index (χ1) is 10.4. The Labute approximate surface area is 152 Å². The largest absolute Gasteiger partial charge is 0.355 e. The molecular weight excluding hydrogens is 277 g/mol. The van der Waals surface area contributed by atoms with Crippen LogP contribution in [0.4, 0.5) is 11.4 Å². The van der Waals surface area contributed by atoms with Gasteiger partial charge in [0.15, 0.2) is 0 Å². The summed E-state index contributed by atoms with van der Waals surface area (Å²) in [4.78, 5) is 0. The Morgan fingerprint density at radius 3 is 1.32 bits per heavy atom. The summed E-state index contributed by atoms with van der Waals surface area (Å²) in [6.07, 6.45) is 0. The van der Waals surface area contributed by atoms with Crippen LogP contribution < -0.4 is 5.32 Å². The van der Waals surface area contributed by atoms with Gasteiger partial charge in [-0.1, -0.05) is 60.7 Å².